The number of anilines is 2. The van der Waals surface area contributed by atoms with Crippen LogP contribution in [0.5, 0.6) is 0 Å². The zero-order valence-corrected chi connectivity index (χ0v) is 12.3. The molecule has 114 valence electrons. The molecule has 3 heterocycles. The molecule has 6 heteroatoms. The van der Waals surface area contributed by atoms with E-state index in [4.69, 9.17) is 5.73 Å². The van der Waals surface area contributed by atoms with Crippen LogP contribution < -0.4 is 16.0 Å². The van der Waals surface area contributed by atoms with Crippen LogP contribution in [0.2, 0.25) is 0 Å². The third-order valence-corrected chi connectivity index (χ3v) is 3.91. The van der Waals surface area contributed by atoms with E-state index in [-0.39, 0.29) is 0 Å². The average molecular weight is 297 g/mol. The predicted octanol–water partition coefficient (Wildman–Crippen LogP) is 1.66. The number of hydrogen-bond acceptors (Lipinski definition) is 5. The van der Waals surface area contributed by atoms with E-state index in [2.05, 4.69) is 20.2 Å². The lowest BCUT2D eigenvalue weighted by molar-refractivity contribution is 0.100. The van der Waals surface area contributed by atoms with Crippen LogP contribution in [0.25, 0.3) is 0 Å². The standard InChI is InChI=1S/C16H19N5O/c17-16(22)13-11-18-8-4-14(13)20-12-5-9-21(10-6-12)15-3-1-2-7-19-15/h1-4,7-8,11-12H,5-6,9-10H2,(H2,17,22)(H,18,20). The monoisotopic (exact) mass is 297 g/mol. The number of carbonyl (C=O) groups is 1. The number of nitrogens with two attached hydrogens (primary N) is 1. The predicted molar refractivity (Wildman–Crippen MR) is 85.8 cm³/mol. The Labute approximate surface area is 129 Å². The second-order valence-corrected chi connectivity index (χ2v) is 5.38. The lowest BCUT2D eigenvalue weighted by Gasteiger charge is -2.33. The molecule has 0 aromatic carbocycles. The minimum atomic E-state index is -0.457. The van der Waals surface area contributed by atoms with Crippen molar-refractivity contribution >= 4 is 17.4 Å². The van der Waals surface area contributed by atoms with E-state index in [1.54, 1.807) is 12.3 Å². The van der Waals surface area contributed by atoms with Crippen LogP contribution in [0.4, 0.5) is 11.5 Å². The van der Waals surface area contributed by atoms with E-state index in [0.29, 0.717) is 11.6 Å². The second kappa shape index (κ2) is 6.43. The van der Waals surface area contributed by atoms with Crippen molar-refractivity contribution in [2.45, 2.75) is 18.9 Å². The molecule has 1 aliphatic rings. The highest BCUT2D eigenvalue weighted by Gasteiger charge is 2.21. The summed E-state index contributed by atoms with van der Waals surface area (Å²) in [7, 11) is 0. The summed E-state index contributed by atoms with van der Waals surface area (Å²) in [6.07, 6.45) is 6.95. The maximum atomic E-state index is 11.4. The summed E-state index contributed by atoms with van der Waals surface area (Å²) < 4.78 is 0. The molecule has 6 nitrogen and oxygen atoms in total. The van der Waals surface area contributed by atoms with Crippen molar-refractivity contribution in [3.8, 4) is 0 Å². The highest BCUT2D eigenvalue weighted by atomic mass is 16.1. The summed E-state index contributed by atoms with van der Waals surface area (Å²) in [5.74, 6) is 0.559. The summed E-state index contributed by atoms with van der Waals surface area (Å²) in [5.41, 5.74) is 6.58. The van der Waals surface area contributed by atoms with Crippen LogP contribution in [-0.2, 0) is 0 Å². The molecule has 0 unspecified atom stereocenters. The lowest BCUT2D eigenvalue weighted by Crippen LogP contribution is -2.39. The fraction of sp³-hybridized carbons (Fsp3) is 0.312. The molecule has 0 saturated carbocycles. The summed E-state index contributed by atoms with van der Waals surface area (Å²) in [5, 5.41) is 3.41. The molecule has 3 rings (SSSR count). The van der Waals surface area contributed by atoms with Crippen LogP contribution >= 0.6 is 0 Å². The molecule has 0 atom stereocenters. The van der Waals surface area contributed by atoms with E-state index >= 15 is 0 Å². The molecular formula is C16H19N5O. The number of pyridine rings is 2. The van der Waals surface area contributed by atoms with Gasteiger partial charge in [0.05, 0.1) is 11.3 Å². The normalized spacial score (nSPS) is 15.5. The number of rotatable bonds is 4. The van der Waals surface area contributed by atoms with Gasteiger partial charge in [-0.1, -0.05) is 6.07 Å². The second-order valence-electron chi connectivity index (χ2n) is 5.38. The van der Waals surface area contributed by atoms with Crippen molar-refractivity contribution in [1.82, 2.24) is 9.97 Å². The number of amides is 1. The molecule has 1 aliphatic heterocycles. The third-order valence-electron chi connectivity index (χ3n) is 3.91. The number of nitrogens with zero attached hydrogens (tertiary/aromatic N) is 3. The van der Waals surface area contributed by atoms with Gasteiger partial charge in [0.25, 0.3) is 5.91 Å². The van der Waals surface area contributed by atoms with Gasteiger partial charge in [0, 0.05) is 37.7 Å². The van der Waals surface area contributed by atoms with Crippen LogP contribution in [0.1, 0.15) is 23.2 Å². The zero-order valence-electron chi connectivity index (χ0n) is 12.3. The maximum absolute atomic E-state index is 11.4. The number of nitrogens with one attached hydrogen (secondary N) is 1. The first kappa shape index (κ1) is 14.3. The Kier molecular flexibility index (Phi) is 4.18. The Morgan fingerprint density at radius 3 is 2.73 bits per heavy atom. The van der Waals surface area contributed by atoms with E-state index in [1.807, 2.05) is 24.4 Å². The maximum Gasteiger partial charge on any atom is 0.252 e. The van der Waals surface area contributed by atoms with Gasteiger partial charge >= 0.3 is 0 Å². The van der Waals surface area contributed by atoms with Gasteiger partial charge in [-0.15, -0.1) is 0 Å². The molecule has 22 heavy (non-hydrogen) atoms. The van der Waals surface area contributed by atoms with Crippen molar-refractivity contribution in [3.63, 3.8) is 0 Å². The highest BCUT2D eigenvalue weighted by molar-refractivity contribution is 5.98. The minimum absolute atomic E-state index is 0.320. The Morgan fingerprint density at radius 1 is 1.23 bits per heavy atom. The van der Waals surface area contributed by atoms with Gasteiger partial charge in [-0.25, -0.2) is 4.98 Å². The number of aromatic nitrogens is 2. The fourth-order valence-electron chi connectivity index (χ4n) is 2.73. The van der Waals surface area contributed by atoms with Gasteiger partial charge in [0.15, 0.2) is 0 Å². The van der Waals surface area contributed by atoms with Crippen molar-refractivity contribution in [2.24, 2.45) is 5.73 Å². The fourth-order valence-corrected chi connectivity index (χ4v) is 2.73. The Balaban J connectivity index is 1.62. The van der Waals surface area contributed by atoms with Gasteiger partial charge in [0.1, 0.15) is 5.82 Å². The molecular weight excluding hydrogens is 278 g/mol. The van der Waals surface area contributed by atoms with Gasteiger partial charge < -0.3 is 16.0 Å². The van der Waals surface area contributed by atoms with Crippen molar-refractivity contribution in [3.05, 3.63) is 48.4 Å². The molecule has 0 radical (unpaired) electrons. The summed E-state index contributed by atoms with van der Waals surface area (Å²) >= 11 is 0. The van der Waals surface area contributed by atoms with Gasteiger partial charge in [0.2, 0.25) is 0 Å². The van der Waals surface area contributed by atoms with Crippen molar-refractivity contribution in [2.75, 3.05) is 23.3 Å². The first-order valence-electron chi connectivity index (χ1n) is 7.40. The van der Waals surface area contributed by atoms with Crippen LogP contribution in [0.15, 0.2) is 42.9 Å². The molecule has 1 fully saturated rings. The highest BCUT2D eigenvalue weighted by Crippen LogP contribution is 2.21. The van der Waals surface area contributed by atoms with Gasteiger partial charge in [-0.05, 0) is 31.0 Å². The van der Waals surface area contributed by atoms with Gasteiger partial charge in [-0.2, -0.15) is 0 Å². The molecule has 2 aromatic rings. The first-order chi connectivity index (χ1) is 10.7. The number of piperidine rings is 1. The number of carbonyl (C=O) groups excluding carboxylic acids is 1. The molecule has 3 N–H and O–H groups in total. The largest absolute Gasteiger partial charge is 0.381 e. The van der Waals surface area contributed by atoms with E-state index in [0.717, 1.165) is 37.4 Å². The van der Waals surface area contributed by atoms with Crippen LogP contribution in [0, 0.1) is 0 Å². The Bertz CT molecular complexity index is 638. The Morgan fingerprint density at radius 2 is 2.05 bits per heavy atom. The van der Waals surface area contributed by atoms with Crippen molar-refractivity contribution < 1.29 is 4.79 Å². The summed E-state index contributed by atoms with van der Waals surface area (Å²) in [4.78, 5) is 22.0. The van der Waals surface area contributed by atoms with Crippen LogP contribution in [0.3, 0.4) is 0 Å². The third kappa shape index (κ3) is 3.16. The summed E-state index contributed by atoms with van der Waals surface area (Å²) in [6.45, 7) is 1.87. The SMILES string of the molecule is NC(=O)c1cnccc1NC1CCN(c2ccccn2)CC1. The molecule has 2 aromatic heterocycles. The van der Waals surface area contributed by atoms with Crippen LogP contribution in [-0.4, -0.2) is 35.0 Å². The quantitative estimate of drug-likeness (QED) is 0.896. The molecule has 0 bridgehead atoms. The van der Waals surface area contributed by atoms with E-state index in [1.165, 1.54) is 6.20 Å². The molecule has 1 amide bonds. The lowest BCUT2D eigenvalue weighted by atomic mass is 10.0. The number of hydrogen-bond donors (Lipinski definition) is 2. The molecule has 0 spiro atoms. The van der Waals surface area contributed by atoms with E-state index < -0.39 is 5.91 Å². The topological polar surface area (TPSA) is 84.1 Å². The minimum Gasteiger partial charge on any atom is -0.381 e. The van der Waals surface area contributed by atoms with Crippen molar-refractivity contribution in [1.29, 1.82) is 0 Å². The summed E-state index contributed by atoms with van der Waals surface area (Å²) in [6, 6.07) is 8.07. The van der Waals surface area contributed by atoms with Gasteiger partial charge in [-0.3, -0.25) is 9.78 Å². The first-order valence-corrected chi connectivity index (χ1v) is 7.40. The Hall–Kier alpha value is -2.63. The van der Waals surface area contributed by atoms with E-state index in [9.17, 15) is 4.79 Å². The average Bonchev–Trinajstić information content (AvgIpc) is 2.57. The zero-order chi connectivity index (χ0) is 15.4. The smallest absolute Gasteiger partial charge is 0.252 e. The molecule has 1 saturated heterocycles. The number of primary amides is 1. The molecule has 0 aliphatic carbocycles.